The van der Waals surface area contributed by atoms with E-state index in [1.54, 1.807) is 61.7 Å². The first-order chi connectivity index (χ1) is 68.5. The Kier molecular flexibility index (Phi) is 50.5. The Labute approximate surface area is 824 Å². The summed E-state index contributed by atoms with van der Waals surface area (Å²) < 4.78 is 10.9. The minimum Gasteiger partial charge on any atom is -0.394 e. The number of guanidine groups is 1. The van der Waals surface area contributed by atoms with Gasteiger partial charge in [-0.25, -0.2) is 10.1 Å². The van der Waals surface area contributed by atoms with Gasteiger partial charge in [0, 0.05) is 120 Å². The number of rotatable bonds is 57. The predicted molar refractivity (Wildman–Crippen MR) is 519 cm³/mol. The topological polar surface area (TPSA) is 691 Å². The van der Waals surface area contributed by atoms with Crippen molar-refractivity contribution in [3.63, 3.8) is 0 Å². The third kappa shape index (κ3) is 42.0. The first kappa shape index (κ1) is 114. The summed E-state index contributed by atoms with van der Waals surface area (Å²) in [5.74, 6) is -12.9. The van der Waals surface area contributed by atoms with Crippen molar-refractivity contribution < 1.29 is 96.4 Å². The number of fused-ring (bicyclic) bond motifs is 2. The number of pyridine rings is 1. The van der Waals surface area contributed by atoms with Gasteiger partial charge in [0.25, 0.3) is 0 Å². The second kappa shape index (κ2) is 63.1. The Morgan fingerprint density at radius 1 is 0.592 bits per heavy atom. The van der Waals surface area contributed by atoms with E-state index in [1.807, 2.05) is 18.2 Å². The molecule has 0 radical (unpaired) electrons. The zero-order valence-electron chi connectivity index (χ0n) is 80.9. The van der Waals surface area contributed by atoms with Gasteiger partial charge in [0.05, 0.1) is 57.1 Å². The van der Waals surface area contributed by atoms with Crippen LogP contribution in [0.15, 0.2) is 97.8 Å². The van der Waals surface area contributed by atoms with E-state index in [2.05, 4.69) is 115 Å². The van der Waals surface area contributed by atoms with Gasteiger partial charge in [-0.3, -0.25) is 87.1 Å². The minimum atomic E-state index is -1.77. The van der Waals surface area contributed by atoms with Crippen molar-refractivity contribution in [1.29, 1.82) is 5.41 Å². The minimum absolute atomic E-state index is 0.0113. The number of aromatic nitrogens is 8. The fraction of sp³-hybridized carbons (Fsp3) is 0.583. The smallest absolute Gasteiger partial charge is 0.246 e. The number of Topliss-reactive ketones (excluding diaryl/α,β-unsaturated/α-hetero) is 1. The number of aromatic amines is 3. The number of aliphatic hydroxyl groups is 2. The number of para-hydroxylation sites is 1. The fourth-order valence-electron chi connectivity index (χ4n) is 16.5. The molecule has 776 valence electrons. The highest BCUT2D eigenvalue weighted by Crippen LogP contribution is 2.25. The number of hydrogen-bond acceptors (Lipinski definition) is 26. The van der Waals surface area contributed by atoms with Crippen LogP contribution in [-0.4, -0.2) is 294 Å². The number of ether oxygens (including phenoxy) is 2. The highest BCUT2D eigenvalue weighted by Gasteiger charge is 2.44. The van der Waals surface area contributed by atoms with E-state index >= 15 is 28.8 Å². The summed E-state index contributed by atoms with van der Waals surface area (Å²) in [7, 11) is 0. The van der Waals surface area contributed by atoms with Crippen molar-refractivity contribution in [2.24, 2.45) is 11.5 Å². The highest BCUT2D eigenvalue weighted by atomic mass is 16.5. The molecule has 6 heterocycles. The van der Waals surface area contributed by atoms with Gasteiger partial charge < -0.3 is 120 Å². The second-order valence-electron chi connectivity index (χ2n) is 35.7. The Morgan fingerprint density at radius 2 is 1.22 bits per heavy atom. The molecule has 2 fully saturated rings. The molecule has 2 aromatic carbocycles. The number of nitrogens with zero attached hydrogens (tertiary/aromatic N) is 6. The van der Waals surface area contributed by atoms with Crippen LogP contribution in [0, 0.1) is 5.41 Å². The number of primary amides is 1. The van der Waals surface area contributed by atoms with Gasteiger partial charge in [-0.05, 0) is 116 Å². The molecular formula is C96H142N26O20. The molecule has 24 N–H and O–H groups in total. The predicted octanol–water partition coefficient (Wildman–Crippen LogP) is -0.770. The summed E-state index contributed by atoms with van der Waals surface area (Å²) in [4.78, 5) is 243. The van der Waals surface area contributed by atoms with Crippen LogP contribution in [0.2, 0.25) is 0 Å². The first-order valence-corrected chi connectivity index (χ1v) is 49.2. The summed E-state index contributed by atoms with van der Waals surface area (Å²) in [6.45, 7) is 0.998. The lowest BCUT2D eigenvalue weighted by Crippen LogP contribution is -2.61. The number of amides is 15. The third-order valence-corrected chi connectivity index (χ3v) is 24.3. The number of aliphatic hydroxyl groups excluding tert-OH is 2. The first-order valence-electron chi connectivity index (χ1n) is 49.2. The van der Waals surface area contributed by atoms with Crippen LogP contribution < -0.4 is 85.9 Å². The van der Waals surface area contributed by atoms with Gasteiger partial charge in [-0.2, -0.15) is 0 Å². The molecule has 2 aliphatic heterocycles. The van der Waals surface area contributed by atoms with Gasteiger partial charge >= 0.3 is 0 Å². The molecule has 46 heteroatoms. The molecule has 0 saturated carbocycles. The van der Waals surface area contributed by atoms with Crippen molar-refractivity contribution in [2.45, 2.75) is 292 Å². The van der Waals surface area contributed by atoms with Crippen molar-refractivity contribution in [2.75, 3.05) is 65.8 Å². The molecule has 0 bridgehead atoms. The van der Waals surface area contributed by atoms with Gasteiger partial charge in [0.1, 0.15) is 72.8 Å². The molecule has 0 aliphatic carbocycles. The number of hydrogen-bond donors (Lipinski definition) is 22. The zero-order valence-corrected chi connectivity index (χ0v) is 80.9. The number of imidazole rings is 1. The highest BCUT2D eigenvalue weighted by molar-refractivity contribution is 6.01. The zero-order chi connectivity index (χ0) is 102. The molecule has 4 aromatic heterocycles. The maximum atomic E-state index is 15.5. The summed E-state index contributed by atoms with van der Waals surface area (Å²) in [5, 5.41) is 81.5. The maximum absolute atomic E-state index is 15.5. The summed E-state index contributed by atoms with van der Waals surface area (Å²) in [6, 6.07) is 1.85. The summed E-state index contributed by atoms with van der Waals surface area (Å²) in [6.07, 6.45) is 19.9. The number of tetrazole rings is 1. The number of nitrogens with one attached hydrogen (secondary N) is 18. The van der Waals surface area contributed by atoms with Crippen LogP contribution in [-0.2, 0) is 118 Å². The number of H-pyrrole nitrogens is 3. The number of carbonyl (C=O) groups is 16. The lowest BCUT2D eigenvalue weighted by molar-refractivity contribution is -0.143. The standard InChI is InChI=1S/C96H142N26O20/c1-3-4-29-70(86(131)113-73-36-38-83(128)102-41-24-23-30-68(61(2)124)109-91(136)76(51-64-54-105-69-31-22-21-28-67(64)69)115-87(132)71(32-25-42-104-96(98)99)111-90(135)75(49-62-26-17-16-18-27-62)117-94(139)79-53-66(125)57-122(79)95(73)140)110-89(134)74(50-63-39-43-100-44-40-63)114-92(137)77(52-65-55-101-60-107-65)116-88(133)72(35-37-80(97)126)112-93(138)78(58-123)108-84(129)56-106-85(130)59-142-48-47-141-46-45-103-82(127)34-20-15-13-11-9-7-5-6-8-10-12-14-19-33-81-118-120-121-119-81/h16-18,21-22,26-28,31,39-40,43-44,54-55,60,66,68,70-79,105,123,125H,3-15,19-20,23-25,29-30,32-38,41-42,45-53,56-59H2,1-2H3,(H2,97,126)(H,101,107)(H,102,128)(H,103,127)(H,106,130)(H,108,129)(H,109,136)(H,110,134)(H,111,135)(H,112,138)(H,113,131)(H,114,137)(H,115,132)(H,116,133)(H,117,139)(H4,98,99,104)(H,118,119,120,121)/t66-,68+,70+,71+,72+,73+,74+,75-,76+,77+,78+,79+/m1/s1. The molecule has 6 aromatic rings. The molecule has 15 amide bonds. The molecule has 142 heavy (non-hydrogen) atoms. The normalized spacial score (nSPS) is 18.5. The van der Waals surface area contributed by atoms with E-state index < -0.39 is 226 Å². The van der Waals surface area contributed by atoms with Crippen LogP contribution in [0.1, 0.15) is 215 Å². The van der Waals surface area contributed by atoms with Crippen molar-refractivity contribution in [3.05, 3.63) is 126 Å². The number of benzene rings is 2. The van der Waals surface area contributed by atoms with Crippen molar-refractivity contribution >= 4 is 111 Å². The van der Waals surface area contributed by atoms with Crippen LogP contribution in [0.25, 0.3) is 10.9 Å². The Balaban J connectivity index is 0.896. The Hall–Kier alpha value is -13.8. The van der Waals surface area contributed by atoms with Gasteiger partial charge in [0.2, 0.25) is 88.6 Å². The molecule has 2 aliphatic rings. The Bertz CT molecular complexity index is 5000. The lowest BCUT2D eigenvalue weighted by Gasteiger charge is -2.31. The van der Waals surface area contributed by atoms with Gasteiger partial charge in [-0.1, -0.05) is 139 Å². The number of ketones is 1. The van der Waals surface area contributed by atoms with Gasteiger partial charge in [-0.15, -0.1) is 5.10 Å². The van der Waals surface area contributed by atoms with Crippen molar-refractivity contribution in [3.8, 4) is 0 Å². The number of unbranched alkanes of at least 4 members (excludes halogenated alkanes) is 13. The number of nitrogens with two attached hydrogens (primary N) is 2. The van der Waals surface area contributed by atoms with Crippen molar-refractivity contribution in [1.82, 2.24) is 120 Å². The van der Waals surface area contributed by atoms with E-state index in [0.29, 0.717) is 29.5 Å². The average Bonchev–Trinajstić information content (AvgIpc) is 1.65. The number of aryl methyl sites for hydroxylation is 1. The quantitative estimate of drug-likeness (QED) is 0.0127. The lowest BCUT2D eigenvalue weighted by atomic mass is 10.0. The fourth-order valence-corrected chi connectivity index (χ4v) is 16.5. The van der Waals surface area contributed by atoms with Crippen LogP contribution >= 0.6 is 0 Å². The largest absolute Gasteiger partial charge is 0.394 e. The molecule has 46 nitrogen and oxygen atoms in total. The summed E-state index contributed by atoms with van der Waals surface area (Å²) >= 11 is 0. The molecule has 12 atom stereocenters. The molecule has 0 spiro atoms. The monoisotopic (exact) mass is 1980 g/mol. The molecule has 2 saturated heterocycles. The maximum Gasteiger partial charge on any atom is 0.246 e. The Morgan fingerprint density at radius 3 is 1.89 bits per heavy atom. The molecule has 8 rings (SSSR count). The van der Waals surface area contributed by atoms with E-state index in [1.165, 1.54) is 83.2 Å². The van der Waals surface area contributed by atoms with E-state index in [4.69, 9.17) is 26.4 Å². The average molecular weight is 1980 g/mol. The van der Waals surface area contributed by atoms with Gasteiger partial charge in [0.15, 0.2) is 11.7 Å². The van der Waals surface area contributed by atoms with Crippen LogP contribution in [0.4, 0.5) is 0 Å². The SMILES string of the molecule is CCCC[C@H](NC(=O)[C@H](Cc1ccncc1)NC(=O)[C@H](Cc1c[nH]cn1)NC(=O)[C@H](CCC(N)=O)NC(=O)[C@H](CO)NC(=O)CNC(=O)COCCOCCNC(=O)CCCCCCCCCCCCCCCc1nnn[nH]1)C(=O)N[C@H]1CCC(=O)NCCCC[C@@H](C(C)=O)NC(=O)[C@H](Cc2c[nH]c3ccccc23)NC(=O)[C@H](CCCNC(=N)N)NC(=O)[C@@H](Cc2ccccc2)NC(=O)[C@@H]2C[C@@H](O)CN2C1=O. The van der Waals surface area contributed by atoms with Crippen LogP contribution in [0.3, 0.4) is 0 Å². The molecular weight excluding hydrogens is 1840 g/mol. The van der Waals surface area contributed by atoms with Crippen LogP contribution in [0.5, 0.6) is 0 Å². The third-order valence-electron chi connectivity index (χ3n) is 24.3. The number of carbonyl (C=O) groups excluding carboxylic acids is 16. The second-order valence-corrected chi connectivity index (χ2v) is 35.7. The van der Waals surface area contributed by atoms with E-state index in [9.17, 15) is 58.2 Å². The molecule has 0 unspecified atom stereocenters. The summed E-state index contributed by atoms with van der Waals surface area (Å²) in [5.41, 5.74) is 13.7. The van der Waals surface area contributed by atoms with E-state index in [0.717, 1.165) is 60.2 Å². The van der Waals surface area contributed by atoms with E-state index in [-0.39, 0.29) is 121 Å².